The van der Waals surface area contributed by atoms with Gasteiger partial charge in [-0.05, 0) is 18.1 Å². The molecule has 0 fully saturated rings. The van der Waals surface area contributed by atoms with E-state index in [0.29, 0.717) is 30.3 Å². The van der Waals surface area contributed by atoms with Gasteiger partial charge in [0, 0.05) is 26.7 Å². The summed E-state index contributed by atoms with van der Waals surface area (Å²) in [5.41, 5.74) is 0.360. The number of carbonyl (C=O) groups is 2. The second-order valence-corrected chi connectivity index (χ2v) is 6.12. The Hall–Kier alpha value is -1.34. The van der Waals surface area contributed by atoms with Gasteiger partial charge in [-0.2, -0.15) is 0 Å². The Bertz CT molecular complexity index is 542. The summed E-state index contributed by atoms with van der Waals surface area (Å²) in [6.45, 7) is 6.23. The standard InChI is InChI=1S/C17H26ClN3O3.ClH/c1-12(2)15(17(23)20-9-8-19-10-11-24-3)21-16(22)13-6-4-5-7-14(13)18;/h4-7,12,15,19H,8-11H2,1-3H3,(H,20,23)(H,21,22);1H. The van der Waals surface area contributed by atoms with Gasteiger partial charge in [-0.1, -0.05) is 37.6 Å². The highest BCUT2D eigenvalue weighted by molar-refractivity contribution is 6.33. The van der Waals surface area contributed by atoms with E-state index in [4.69, 9.17) is 16.3 Å². The van der Waals surface area contributed by atoms with Crippen molar-refractivity contribution in [2.45, 2.75) is 19.9 Å². The van der Waals surface area contributed by atoms with Gasteiger partial charge in [0.2, 0.25) is 5.91 Å². The van der Waals surface area contributed by atoms with Gasteiger partial charge >= 0.3 is 0 Å². The zero-order valence-electron chi connectivity index (χ0n) is 14.8. The molecule has 0 heterocycles. The van der Waals surface area contributed by atoms with Gasteiger partial charge in [-0.3, -0.25) is 9.59 Å². The minimum Gasteiger partial charge on any atom is -0.383 e. The van der Waals surface area contributed by atoms with Gasteiger partial charge in [0.25, 0.3) is 5.91 Å². The predicted molar refractivity (Wildman–Crippen MR) is 103 cm³/mol. The summed E-state index contributed by atoms with van der Waals surface area (Å²) in [6.07, 6.45) is 0. The third-order valence-electron chi connectivity index (χ3n) is 3.44. The van der Waals surface area contributed by atoms with Crippen LogP contribution in [0.3, 0.4) is 0 Å². The molecule has 0 aliphatic carbocycles. The van der Waals surface area contributed by atoms with Crippen molar-refractivity contribution in [1.29, 1.82) is 0 Å². The van der Waals surface area contributed by atoms with Gasteiger partial charge in [0.15, 0.2) is 0 Å². The molecule has 1 rings (SSSR count). The van der Waals surface area contributed by atoms with E-state index in [1.165, 1.54) is 0 Å². The molecule has 0 radical (unpaired) electrons. The van der Waals surface area contributed by atoms with Crippen molar-refractivity contribution in [1.82, 2.24) is 16.0 Å². The first-order valence-corrected chi connectivity index (χ1v) is 8.38. The first-order chi connectivity index (χ1) is 11.5. The molecular formula is C17H27Cl2N3O3. The maximum absolute atomic E-state index is 12.3. The van der Waals surface area contributed by atoms with Crippen LogP contribution in [0, 0.1) is 5.92 Å². The lowest BCUT2D eigenvalue weighted by atomic mass is 10.0. The molecule has 0 saturated heterocycles. The van der Waals surface area contributed by atoms with Crippen LogP contribution >= 0.6 is 24.0 Å². The second-order valence-electron chi connectivity index (χ2n) is 5.71. The van der Waals surface area contributed by atoms with Crippen LogP contribution in [-0.2, 0) is 9.53 Å². The molecule has 25 heavy (non-hydrogen) atoms. The van der Waals surface area contributed by atoms with Crippen molar-refractivity contribution < 1.29 is 14.3 Å². The van der Waals surface area contributed by atoms with Gasteiger partial charge in [-0.25, -0.2) is 0 Å². The average Bonchev–Trinajstić information content (AvgIpc) is 2.55. The maximum Gasteiger partial charge on any atom is 0.253 e. The van der Waals surface area contributed by atoms with Crippen LogP contribution in [0.1, 0.15) is 24.2 Å². The number of halogens is 2. The Morgan fingerprint density at radius 3 is 2.44 bits per heavy atom. The lowest BCUT2D eigenvalue weighted by molar-refractivity contribution is -0.123. The number of rotatable bonds is 10. The number of hydrogen-bond donors (Lipinski definition) is 3. The summed E-state index contributed by atoms with van der Waals surface area (Å²) < 4.78 is 4.93. The maximum atomic E-state index is 12.3. The zero-order chi connectivity index (χ0) is 17.9. The number of carbonyl (C=O) groups excluding carboxylic acids is 2. The van der Waals surface area contributed by atoms with E-state index >= 15 is 0 Å². The molecule has 2 amide bonds. The fourth-order valence-corrected chi connectivity index (χ4v) is 2.30. The summed E-state index contributed by atoms with van der Waals surface area (Å²) in [5, 5.41) is 9.08. The molecule has 0 aliphatic rings. The molecule has 0 aliphatic heterocycles. The minimum absolute atomic E-state index is 0. The second kappa shape index (κ2) is 12.9. The van der Waals surface area contributed by atoms with Crippen molar-refractivity contribution in [3.05, 3.63) is 34.9 Å². The van der Waals surface area contributed by atoms with Crippen molar-refractivity contribution in [2.24, 2.45) is 5.92 Å². The highest BCUT2D eigenvalue weighted by Crippen LogP contribution is 2.15. The first-order valence-electron chi connectivity index (χ1n) is 8.00. The fourth-order valence-electron chi connectivity index (χ4n) is 2.08. The number of ether oxygens (including phenoxy) is 1. The average molecular weight is 392 g/mol. The van der Waals surface area contributed by atoms with Crippen molar-refractivity contribution >= 4 is 35.8 Å². The molecule has 8 heteroatoms. The fraction of sp³-hybridized carbons (Fsp3) is 0.529. The lowest BCUT2D eigenvalue weighted by Gasteiger charge is -2.22. The molecule has 6 nitrogen and oxygen atoms in total. The monoisotopic (exact) mass is 391 g/mol. The van der Waals surface area contributed by atoms with E-state index in [1.807, 2.05) is 13.8 Å². The Labute approximate surface area is 160 Å². The summed E-state index contributed by atoms with van der Waals surface area (Å²) in [6, 6.07) is 6.14. The number of methoxy groups -OCH3 is 1. The Balaban J connectivity index is 0.00000576. The first kappa shape index (κ1) is 23.7. The van der Waals surface area contributed by atoms with E-state index in [-0.39, 0.29) is 30.1 Å². The smallest absolute Gasteiger partial charge is 0.253 e. The summed E-state index contributed by atoms with van der Waals surface area (Å²) >= 11 is 6.03. The Morgan fingerprint density at radius 1 is 1.16 bits per heavy atom. The molecule has 0 bridgehead atoms. The largest absolute Gasteiger partial charge is 0.383 e. The van der Waals surface area contributed by atoms with E-state index < -0.39 is 6.04 Å². The topological polar surface area (TPSA) is 79.5 Å². The normalized spacial score (nSPS) is 11.6. The van der Waals surface area contributed by atoms with Gasteiger partial charge in [0.1, 0.15) is 6.04 Å². The number of benzene rings is 1. The lowest BCUT2D eigenvalue weighted by Crippen LogP contribution is -2.50. The Kier molecular flexibility index (Phi) is 12.2. The Morgan fingerprint density at radius 2 is 1.84 bits per heavy atom. The summed E-state index contributed by atoms with van der Waals surface area (Å²) in [7, 11) is 1.64. The molecule has 0 aromatic heterocycles. The number of hydrogen-bond acceptors (Lipinski definition) is 4. The van der Waals surface area contributed by atoms with Crippen LogP contribution in [0.2, 0.25) is 5.02 Å². The molecular weight excluding hydrogens is 365 g/mol. The van der Waals surface area contributed by atoms with Gasteiger partial charge in [-0.15, -0.1) is 12.4 Å². The van der Waals surface area contributed by atoms with E-state index in [0.717, 1.165) is 6.54 Å². The van der Waals surface area contributed by atoms with Crippen LogP contribution in [0.15, 0.2) is 24.3 Å². The van der Waals surface area contributed by atoms with E-state index in [9.17, 15) is 9.59 Å². The molecule has 142 valence electrons. The van der Waals surface area contributed by atoms with Crippen molar-refractivity contribution in [3.8, 4) is 0 Å². The van der Waals surface area contributed by atoms with Crippen molar-refractivity contribution in [2.75, 3.05) is 33.4 Å². The summed E-state index contributed by atoms with van der Waals surface area (Å²) in [4.78, 5) is 24.6. The van der Waals surface area contributed by atoms with E-state index in [2.05, 4.69) is 16.0 Å². The van der Waals surface area contributed by atoms with Crippen LogP contribution in [-0.4, -0.2) is 51.2 Å². The minimum atomic E-state index is -0.618. The zero-order valence-corrected chi connectivity index (χ0v) is 16.4. The van der Waals surface area contributed by atoms with Crippen molar-refractivity contribution in [3.63, 3.8) is 0 Å². The highest BCUT2D eigenvalue weighted by atomic mass is 35.5. The number of amides is 2. The highest BCUT2D eigenvalue weighted by Gasteiger charge is 2.24. The molecule has 0 spiro atoms. The van der Waals surface area contributed by atoms with Crippen LogP contribution < -0.4 is 16.0 Å². The molecule has 1 aromatic carbocycles. The molecule has 1 atom stereocenters. The van der Waals surface area contributed by atoms with Gasteiger partial charge in [0.05, 0.1) is 17.2 Å². The van der Waals surface area contributed by atoms with Crippen LogP contribution in [0.4, 0.5) is 0 Å². The molecule has 1 unspecified atom stereocenters. The molecule has 3 N–H and O–H groups in total. The summed E-state index contributed by atoms with van der Waals surface area (Å²) in [5.74, 6) is -0.607. The predicted octanol–water partition coefficient (Wildman–Crippen LogP) is 1.87. The third-order valence-corrected chi connectivity index (χ3v) is 3.77. The SMILES string of the molecule is COCCNCCNC(=O)C(NC(=O)c1ccccc1Cl)C(C)C.Cl. The van der Waals surface area contributed by atoms with Crippen LogP contribution in [0.25, 0.3) is 0 Å². The van der Waals surface area contributed by atoms with Gasteiger partial charge < -0.3 is 20.7 Å². The quantitative estimate of drug-likeness (QED) is 0.531. The van der Waals surface area contributed by atoms with Crippen LogP contribution in [0.5, 0.6) is 0 Å². The molecule has 0 saturated carbocycles. The number of nitrogens with one attached hydrogen (secondary N) is 3. The molecule has 1 aromatic rings. The third kappa shape index (κ3) is 8.54. The van der Waals surface area contributed by atoms with E-state index in [1.54, 1.807) is 31.4 Å².